The van der Waals surface area contributed by atoms with E-state index in [2.05, 4.69) is 29.1 Å². The van der Waals surface area contributed by atoms with E-state index in [-0.39, 0.29) is 17.6 Å². The van der Waals surface area contributed by atoms with Crippen molar-refractivity contribution < 1.29 is 9.84 Å². The molecular weight excluding hydrogens is 230 g/mol. The molecule has 5 heteroatoms. The molecule has 1 aromatic heterocycles. The molecule has 1 aliphatic carbocycles. The van der Waals surface area contributed by atoms with E-state index in [4.69, 9.17) is 4.74 Å². The Balaban J connectivity index is 2.13. The summed E-state index contributed by atoms with van der Waals surface area (Å²) in [5.74, 6) is 1.41. The normalized spacial score (nSPS) is 25.4. The summed E-state index contributed by atoms with van der Waals surface area (Å²) < 4.78 is 5.44. The first-order chi connectivity index (χ1) is 8.46. The van der Waals surface area contributed by atoms with E-state index < -0.39 is 0 Å². The molecule has 0 aromatic carbocycles. The molecule has 2 rings (SSSR count). The maximum Gasteiger partial charge on any atom is 0.221 e. The predicted octanol–water partition coefficient (Wildman–Crippen LogP) is 1.76. The highest BCUT2D eigenvalue weighted by atomic mass is 16.5. The van der Waals surface area contributed by atoms with E-state index in [0.717, 1.165) is 17.8 Å². The summed E-state index contributed by atoms with van der Waals surface area (Å²) in [6.45, 7) is 8.57. The number of aliphatic hydroxyl groups is 1. The summed E-state index contributed by atoms with van der Waals surface area (Å²) in [4.78, 5) is 8.36. The smallest absolute Gasteiger partial charge is 0.221 e. The minimum atomic E-state index is -0.247. The monoisotopic (exact) mass is 251 g/mol. The SMILES string of the molecule is CCOc1ncnc(NC2CC(O)C2(C)C)c1C. The Morgan fingerprint density at radius 3 is 2.78 bits per heavy atom. The Morgan fingerprint density at radius 2 is 2.22 bits per heavy atom. The van der Waals surface area contributed by atoms with Crippen molar-refractivity contribution in [3.63, 3.8) is 0 Å². The number of nitrogens with one attached hydrogen (secondary N) is 1. The number of nitrogens with zero attached hydrogens (tertiary/aromatic N) is 2. The molecule has 0 spiro atoms. The molecule has 2 N–H and O–H groups in total. The number of anilines is 1. The van der Waals surface area contributed by atoms with Gasteiger partial charge in [-0.25, -0.2) is 9.97 Å². The van der Waals surface area contributed by atoms with E-state index >= 15 is 0 Å². The van der Waals surface area contributed by atoms with Crippen LogP contribution in [0.2, 0.25) is 0 Å². The fourth-order valence-corrected chi connectivity index (χ4v) is 2.17. The topological polar surface area (TPSA) is 67.3 Å². The molecule has 0 aliphatic heterocycles. The van der Waals surface area contributed by atoms with E-state index in [1.54, 1.807) is 0 Å². The van der Waals surface area contributed by atoms with Crippen LogP contribution in [0.5, 0.6) is 5.88 Å². The van der Waals surface area contributed by atoms with E-state index in [1.807, 2.05) is 13.8 Å². The second kappa shape index (κ2) is 4.72. The molecule has 0 bridgehead atoms. The van der Waals surface area contributed by atoms with Gasteiger partial charge in [-0.1, -0.05) is 13.8 Å². The number of aliphatic hydroxyl groups excluding tert-OH is 1. The predicted molar refractivity (Wildman–Crippen MR) is 69.8 cm³/mol. The van der Waals surface area contributed by atoms with Crippen LogP contribution in [0, 0.1) is 12.3 Å². The first-order valence-electron chi connectivity index (χ1n) is 6.35. The Morgan fingerprint density at radius 1 is 1.50 bits per heavy atom. The molecule has 18 heavy (non-hydrogen) atoms. The zero-order valence-electron chi connectivity index (χ0n) is 11.4. The third-order valence-electron chi connectivity index (χ3n) is 3.85. The van der Waals surface area contributed by atoms with Gasteiger partial charge < -0.3 is 15.2 Å². The van der Waals surface area contributed by atoms with Crippen molar-refractivity contribution in [3.8, 4) is 5.88 Å². The average molecular weight is 251 g/mol. The molecule has 100 valence electrons. The van der Waals surface area contributed by atoms with Gasteiger partial charge in [0.25, 0.3) is 0 Å². The van der Waals surface area contributed by atoms with Crippen LogP contribution in [0.25, 0.3) is 0 Å². The molecule has 0 saturated heterocycles. The Kier molecular flexibility index (Phi) is 3.43. The third kappa shape index (κ3) is 2.14. The van der Waals surface area contributed by atoms with E-state index in [1.165, 1.54) is 6.33 Å². The quantitative estimate of drug-likeness (QED) is 0.853. The highest BCUT2D eigenvalue weighted by molar-refractivity contribution is 5.49. The van der Waals surface area contributed by atoms with Crippen molar-refractivity contribution in [1.29, 1.82) is 0 Å². The Hall–Kier alpha value is -1.36. The lowest BCUT2D eigenvalue weighted by atomic mass is 9.64. The van der Waals surface area contributed by atoms with Crippen LogP contribution < -0.4 is 10.1 Å². The van der Waals surface area contributed by atoms with Gasteiger partial charge in [-0.15, -0.1) is 0 Å². The van der Waals surface area contributed by atoms with Gasteiger partial charge in [0.05, 0.1) is 18.3 Å². The van der Waals surface area contributed by atoms with E-state index in [9.17, 15) is 5.11 Å². The maximum absolute atomic E-state index is 9.73. The van der Waals surface area contributed by atoms with Crippen molar-refractivity contribution in [1.82, 2.24) is 9.97 Å². The molecule has 0 amide bonds. The lowest BCUT2D eigenvalue weighted by molar-refractivity contribution is -0.0511. The summed E-state index contributed by atoms with van der Waals surface area (Å²) in [5.41, 5.74) is 0.792. The Bertz CT molecular complexity index is 434. The third-order valence-corrected chi connectivity index (χ3v) is 3.85. The van der Waals surface area contributed by atoms with Crippen LogP contribution in [0.15, 0.2) is 6.33 Å². The zero-order valence-corrected chi connectivity index (χ0v) is 11.4. The van der Waals surface area contributed by atoms with Crippen LogP contribution in [0.1, 0.15) is 32.8 Å². The number of ether oxygens (including phenoxy) is 1. The summed E-state index contributed by atoms with van der Waals surface area (Å²) >= 11 is 0. The van der Waals surface area contributed by atoms with Crippen molar-refractivity contribution in [2.24, 2.45) is 5.41 Å². The van der Waals surface area contributed by atoms with E-state index in [0.29, 0.717) is 12.5 Å². The van der Waals surface area contributed by atoms with Crippen LogP contribution >= 0.6 is 0 Å². The number of aromatic nitrogens is 2. The number of hydrogen-bond acceptors (Lipinski definition) is 5. The van der Waals surface area contributed by atoms with Gasteiger partial charge in [0.15, 0.2) is 0 Å². The van der Waals surface area contributed by atoms with Crippen LogP contribution in [-0.4, -0.2) is 33.8 Å². The lowest BCUT2D eigenvalue weighted by Crippen LogP contribution is -2.57. The molecule has 2 atom stereocenters. The second-order valence-corrected chi connectivity index (χ2v) is 5.36. The first kappa shape index (κ1) is 13.1. The molecule has 5 nitrogen and oxygen atoms in total. The molecule has 1 saturated carbocycles. The molecule has 1 heterocycles. The van der Waals surface area contributed by atoms with Gasteiger partial charge in [-0.05, 0) is 20.3 Å². The van der Waals surface area contributed by atoms with Crippen LogP contribution in [0.3, 0.4) is 0 Å². The van der Waals surface area contributed by atoms with Gasteiger partial charge in [-0.2, -0.15) is 0 Å². The minimum absolute atomic E-state index is 0.122. The molecule has 1 fully saturated rings. The minimum Gasteiger partial charge on any atom is -0.478 e. The molecule has 0 radical (unpaired) electrons. The molecule has 1 aromatic rings. The maximum atomic E-state index is 9.73. The van der Waals surface area contributed by atoms with Crippen molar-refractivity contribution in [2.75, 3.05) is 11.9 Å². The fraction of sp³-hybridized carbons (Fsp3) is 0.692. The lowest BCUT2D eigenvalue weighted by Gasteiger charge is -2.49. The first-order valence-corrected chi connectivity index (χ1v) is 6.35. The van der Waals surface area contributed by atoms with Gasteiger partial charge in [0.1, 0.15) is 12.1 Å². The van der Waals surface area contributed by atoms with Gasteiger partial charge >= 0.3 is 0 Å². The molecule has 1 aliphatic rings. The molecule has 2 unspecified atom stereocenters. The van der Waals surface area contributed by atoms with Crippen molar-refractivity contribution in [2.45, 2.75) is 46.3 Å². The van der Waals surface area contributed by atoms with Crippen molar-refractivity contribution >= 4 is 5.82 Å². The van der Waals surface area contributed by atoms with Gasteiger partial charge in [0, 0.05) is 11.5 Å². The van der Waals surface area contributed by atoms with Gasteiger partial charge in [0.2, 0.25) is 5.88 Å². The standard InChI is InChI=1S/C13H21N3O2/c1-5-18-12-8(2)11(14-7-15-12)16-9-6-10(17)13(9,3)4/h7,9-10,17H,5-6H2,1-4H3,(H,14,15,16). The summed E-state index contributed by atoms with van der Waals surface area (Å²) in [7, 11) is 0. The molecular formula is C13H21N3O2. The second-order valence-electron chi connectivity index (χ2n) is 5.36. The summed E-state index contributed by atoms with van der Waals surface area (Å²) in [5, 5.41) is 13.1. The fourth-order valence-electron chi connectivity index (χ4n) is 2.17. The largest absolute Gasteiger partial charge is 0.478 e. The van der Waals surface area contributed by atoms with Crippen molar-refractivity contribution in [3.05, 3.63) is 11.9 Å². The van der Waals surface area contributed by atoms with Crippen LogP contribution in [0.4, 0.5) is 5.82 Å². The summed E-state index contributed by atoms with van der Waals surface area (Å²) in [6.07, 6.45) is 2.01. The van der Waals surface area contributed by atoms with Gasteiger partial charge in [-0.3, -0.25) is 0 Å². The zero-order chi connectivity index (χ0) is 13.3. The highest BCUT2D eigenvalue weighted by Crippen LogP contribution is 2.42. The highest BCUT2D eigenvalue weighted by Gasteiger charge is 2.47. The summed E-state index contributed by atoms with van der Waals surface area (Å²) in [6, 6.07) is 0.232. The average Bonchev–Trinajstić information content (AvgIpc) is 2.33. The number of rotatable bonds is 4. The number of hydrogen-bond donors (Lipinski definition) is 2. The van der Waals surface area contributed by atoms with Crippen LogP contribution in [-0.2, 0) is 0 Å². The Labute approximate surface area is 108 Å².